The van der Waals surface area contributed by atoms with Crippen LogP contribution in [-0.4, -0.2) is 31.3 Å². The van der Waals surface area contributed by atoms with Crippen LogP contribution in [0.15, 0.2) is 95.5 Å². The first-order valence-corrected chi connectivity index (χ1v) is 12.4. The number of benzene rings is 4. The number of carbonyl (C=O) groups is 1. The maximum atomic E-state index is 12.7. The van der Waals surface area contributed by atoms with Crippen molar-refractivity contribution in [3.8, 4) is 22.6 Å². The molecule has 4 aromatic carbocycles. The lowest BCUT2D eigenvalue weighted by atomic mass is 9.79. The summed E-state index contributed by atoms with van der Waals surface area (Å²) in [5.41, 5.74) is 5.22. The van der Waals surface area contributed by atoms with Crippen molar-refractivity contribution in [1.29, 1.82) is 0 Å². The largest absolute Gasteiger partial charge is 0.493 e. The van der Waals surface area contributed by atoms with E-state index in [2.05, 4.69) is 57.6 Å². The molecular weight excluding hydrogens is 518 g/mol. The summed E-state index contributed by atoms with van der Waals surface area (Å²) in [4.78, 5) is 12.7. The molecule has 0 saturated carbocycles. The number of carboxylic acids is 1. The average molecular weight is 544 g/mol. The van der Waals surface area contributed by atoms with Gasteiger partial charge in [0.15, 0.2) is 11.5 Å². The minimum absolute atomic E-state index is 0.231. The summed E-state index contributed by atoms with van der Waals surface area (Å²) < 4.78 is 11.6. The normalized spacial score (nSPS) is 14.0. The fraction of sp³-hybridized carbons (Fsp3) is 0.167. The fourth-order valence-electron chi connectivity index (χ4n) is 5.21. The maximum absolute atomic E-state index is 12.7. The number of nitrogens with one attached hydrogen (secondary N) is 1. The highest BCUT2D eigenvalue weighted by Crippen LogP contribution is 2.51. The first-order valence-electron chi connectivity index (χ1n) is 11.7. The van der Waals surface area contributed by atoms with Gasteiger partial charge in [-0.1, -0.05) is 94.8 Å². The topological polar surface area (TPSA) is 67.8 Å². The van der Waals surface area contributed by atoms with E-state index < -0.39 is 17.6 Å². The third kappa shape index (κ3) is 3.96. The number of methoxy groups -OCH3 is 2. The predicted molar refractivity (Wildman–Crippen MR) is 144 cm³/mol. The van der Waals surface area contributed by atoms with E-state index in [1.807, 2.05) is 48.5 Å². The average Bonchev–Trinajstić information content (AvgIpc) is 3.20. The van der Waals surface area contributed by atoms with E-state index in [1.54, 1.807) is 20.3 Å². The van der Waals surface area contributed by atoms with E-state index in [0.717, 1.165) is 37.9 Å². The molecular formula is C30H26BrNO4. The molecule has 36 heavy (non-hydrogen) atoms. The zero-order valence-electron chi connectivity index (χ0n) is 20.0. The Hall–Kier alpha value is -3.61. The van der Waals surface area contributed by atoms with E-state index >= 15 is 0 Å². The second-order valence-electron chi connectivity index (χ2n) is 8.75. The van der Waals surface area contributed by atoms with Crippen molar-refractivity contribution in [2.75, 3.05) is 14.2 Å². The van der Waals surface area contributed by atoms with Gasteiger partial charge in [0.05, 0.1) is 19.8 Å². The lowest BCUT2D eigenvalue weighted by Crippen LogP contribution is -2.52. The van der Waals surface area contributed by atoms with Gasteiger partial charge in [-0.25, -0.2) is 0 Å². The molecule has 0 aliphatic heterocycles. The van der Waals surface area contributed by atoms with Gasteiger partial charge in [-0.2, -0.15) is 0 Å². The van der Waals surface area contributed by atoms with Crippen molar-refractivity contribution in [2.24, 2.45) is 0 Å². The lowest BCUT2D eigenvalue weighted by Gasteiger charge is -2.37. The minimum Gasteiger partial charge on any atom is -0.493 e. The number of halogens is 1. The van der Waals surface area contributed by atoms with Gasteiger partial charge in [-0.15, -0.1) is 0 Å². The van der Waals surface area contributed by atoms with E-state index in [-0.39, 0.29) is 6.42 Å². The molecule has 5 nitrogen and oxygen atoms in total. The van der Waals surface area contributed by atoms with Gasteiger partial charge in [-0.05, 0) is 51.9 Å². The maximum Gasteiger partial charge on any atom is 0.321 e. The van der Waals surface area contributed by atoms with Gasteiger partial charge in [-0.3, -0.25) is 10.1 Å². The molecule has 0 radical (unpaired) electrons. The Balaban J connectivity index is 1.66. The Morgan fingerprint density at radius 2 is 1.39 bits per heavy atom. The highest BCUT2D eigenvalue weighted by atomic mass is 79.9. The number of aliphatic carboxylic acids is 1. The number of fused-ring (bicyclic) bond motifs is 3. The van der Waals surface area contributed by atoms with Gasteiger partial charge < -0.3 is 14.6 Å². The molecule has 0 heterocycles. The molecule has 0 bridgehead atoms. The van der Waals surface area contributed by atoms with Crippen LogP contribution in [0, 0.1) is 0 Å². The Kier molecular flexibility index (Phi) is 6.56. The molecule has 1 unspecified atom stereocenters. The van der Waals surface area contributed by atoms with Crippen molar-refractivity contribution in [3.05, 3.63) is 118 Å². The number of rotatable bonds is 8. The summed E-state index contributed by atoms with van der Waals surface area (Å²) >= 11 is 3.60. The van der Waals surface area contributed by atoms with Gasteiger partial charge >= 0.3 is 5.97 Å². The summed E-state index contributed by atoms with van der Waals surface area (Å²) in [7, 11) is 3.14. The van der Waals surface area contributed by atoms with Crippen molar-refractivity contribution >= 4 is 21.9 Å². The predicted octanol–water partition coefficient (Wildman–Crippen LogP) is 6.02. The molecule has 4 aromatic rings. The number of carboxylic acid groups (broad SMARTS) is 1. The third-order valence-corrected chi connectivity index (χ3v) is 7.56. The molecule has 1 atom stereocenters. The molecule has 0 aromatic heterocycles. The van der Waals surface area contributed by atoms with E-state index in [0.29, 0.717) is 11.5 Å². The van der Waals surface area contributed by atoms with Gasteiger partial charge in [0.2, 0.25) is 0 Å². The smallest absolute Gasteiger partial charge is 0.321 e. The summed E-state index contributed by atoms with van der Waals surface area (Å²) in [6.45, 7) is 0. The summed E-state index contributed by atoms with van der Waals surface area (Å²) in [5.74, 6) is 0.190. The summed E-state index contributed by atoms with van der Waals surface area (Å²) in [6, 6.07) is 29.2. The lowest BCUT2D eigenvalue weighted by molar-refractivity contribution is -0.139. The quantitative estimate of drug-likeness (QED) is 0.284. The fourth-order valence-corrected chi connectivity index (χ4v) is 5.69. The molecule has 0 amide bonds. The Bertz CT molecular complexity index is 1370. The second kappa shape index (κ2) is 9.80. The number of ether oxygens (including phenoxy) is 2. The van der Waals surface area contributed by atoms with Crippen molar-refractivity contribution < 1.29 is 19.4 Å². The first-order chi connectivity index (χ1) is 17.5. The van der Waals surface area contributed by atoms with Crippen LogP contribution >= 0.6 is 15.9 Å². The van der Waals surface area contributed by atoms with Crippen LogP contribution in [0.5, 0.6) is 11.5 Å². The molecule has 0 saturated heterocycles. The van der Waals surface area contributed by atoms with Crippen molar-refractivity contribution in [3.63, 3.8) is 0 Å². The monoisotopic (exact) mass is 543 g/mol. The SMILES string of the molecule is COc1cc(Br)c(CC(NC2(c3ccccc3)c3ccccc3-c3ccccc32)C(=O)O)cc1OC. The van der Waals surface area contributed by atoms with Gasteiger partial charge in [0.1, 0.15) is 6.04 Å². The van der Waals surface area contributed by atoms with Crippen LogP contribution < -0.4 is 14.8 Å². The van der Waals surface area contributed by atoms with Crippen molar-refractivity contribution in [2.45, 2.75) is 18.0 Å². The molecule has 5 rings (SSSR count). The highest BCUT2D eigenvalue weighted by Gasteiger charge is 2.46. The van der Waals surface area contributed by atoms with E-state index in [4.69, 9.17) is 9.47 Å². The van der Waals surface area contributed by atoms with E-state index in [9.17, 15) is 9.90 Å². The Morgan fingerprint density at radius 1 is 0.861 bits per heavy atom. The van der Waals surface area contributed by atoms with Crippen LogP contribution in [-0.2, 0) is 16.8 Å². The van der Waals surface area contributed by atoms with Crippen LogP contribution in [0.2, 0.25) is 0 Å². The van der Waals surface area contributed by atoms with Crippen molar-refractivity contribution in [1.82, 2.24) is 5.32 Å². The number of hydrogen-bond acceptors (Lipinski definition) is 4. The second-order valence-corrected chi connectivity index (χ2v) is 9.60. The minimum atomic E-state index is -0.936. The summed E-state index contributed by atoms with van der Waals surface area (Å²) in [5, 5.41) is 14.0. The zero-order valence-corrected chi connectivity index (χ0v) is 21.6. The van der Waals surface area contributed by atoms with E-state index in [1.165, 1.54) is 0 Å². The van der Waals surface area contributed by atoms with Crippen LogP contribution in [0.1, 0.15) is 22.3 Å². The van der Waals surface area contributed by atoms with Gasteiger partial charge in [0, 0.05) is 4.47 Å². The molecule has 0 fully saturated rings. The summed E-state index contributed by atoms with van der Waals surface area (Å²) in [6.07, 6.45) is 0.231. The number of hydrogen-bond donors (Lipinski definition) is 2. The molecule has 2 N–H and O–H groups in total. The molecule has 1 aliphatic carbocycles. The zero-order chi connectivity index (χ0) is 25.3. The molecule has 6 heteroatoms. The Labute approximate surface area is 218 Å². The molecule has 0 spiro atoms. The molecule has 1 aliphatic rings. The highest BCUT2D eigenvalue weighted by molar-refractivity contribution is 9.10. The van der Waals surface area contributed by atoms with Gasteiger partial charge in [0.25, 0.3) is 0 Å². The van der Waals surface area contributed by atoms with Crippen LogP contribution in [0.25, 0.3) is 11.1 Å². The van der Waals surface area contributed by atoms with Crippen LogP contribution in [0.4, 0.5) is 0 Å². The standard InChI is InChI=1S/C30H26BrNO4/c1-35-27-17-19(25(31)18-28(27)36-2)16-26(29(33)34)32-30(20-10-4-3-5-11-20)23-14-8-6-12-21(23)22-13-7-9-15-24(22)30/h3-15,17-18,26,32H,16H2,1-2H3,(H,33,34). The molecule has 182 valence electrons. The third-order valence-electron chi connectivity index (χ3n) is 6.82. The van der Waals surface area contributed by atoms with Crippen LogP contribution in [0.3, 0.4) is 0 Å². The first kappa shape index (κ1) is 24.1. The Morgan fingerprint density at radius 3 is 1.94 bits per heavy atom.